The highest BCUT2D eigenvalue weighted by Crippen LogP contribution is 2.36. The number of alkyl halides is 3. The Hall–Kier alpha value is -4.55. The number of aryl methyl sites for hydroxylation is 2. The zero-order valence-corrected chi connectivity index (χ0v) is 21.1. The summed E-state index contributed by atoms with van der Waals surface area (Å²) in [6, 6.07) is 3.16. The van der Waals surface area contributed by atoms with E-state index in [-0.39, 0.29) is 12.4 Å². The number of hydrogen-bond donors (Lipinski definition) is 1. The summed E-state index contributed by atoms with van der Waals surface area (Å²) in [5.74, 6) is -0.598. The van der Waals surface area contributed by atoms with Crippen LogP contribution in [-0.4, -0.2) is 62.9 Å². The number of benzene rings is 1. The second-order valence-corrected chi connectivity index (χ2v) is 8.75. The fourth-order valence-corrected chi connectivity index (χ4v) is 4.00. The summed E-state index contributed by atoms with van der Waals surface area (Å²) in [5, 5.41) is 7.04. The summed E-state index contributed by atoms with van der Waals surface area (Å²) >= 11 is 0. The Morgan fingerprint density at radius 3 is 2.58 bits per heavy atom. The van der Waals surface area contributed by atoms with Crippen LogP contribution in [0.3, 0.4) is 0 Å². The van der Waals surface area contributed by atoms with Crippen molar-refractivity contribution in [2.45, 2.75) is 26.1 Å². The smallest absolute Gasteiger partial charge is 0.364 e. The number of nitrogens with one attached hydrogen (secondary N) is 1. The highest BCUT2D eigenvalue weighted by Gasteiger charge is 2.37. The lowest BCUT2D eigenvalue weighted by Gasteiger charge is -2.28. The number of para-hydroxylation sites is 1. The zero-order chi connectivity index (χ0) is 27.6. The van der Waals surface area contributed by atoms with Gasteiger partial charge in [0.1, 0.15) is 6.04 Å². The minimum absolute atomic E-state index is 0.217. The van der Waals surface area contributed by atoms with Gasteiger partial charge < -0.3 is 10.2 Å². The van der Waals surface area contributed by atoms with Crippen LogP contribution in [0, 0.1) is 6.92 Å². The van der Waals surface area contributed by atoms with Gasteiger partial charge >= 0.3 is 6.18 Å². The van der Waals surface area contributed by atoms with Crippen molar-refractivity contribution in [1.82, 2.24) is 30.0 Å². The molecule has 3 aromatic heterocycles. The van der Waals surface area contributed by atoms with Gasteiger partial charge in [-0.25, -0.2) is 4.98 Å². The first kappa shape index (κ1) is 26.5. The van der Waals surface area contributed by atoms with Gasteiger partial charge in [-0.15, -0.1) is 0 Å². The number of rotatable bonds is 8. The number of amides is 2. The van der Waals surface area contributed by atoms with E-state index >= 15 is 0 Å². The Kier molecular flexibility index (Phi) is 7.28. The van der Waals surface area contributed by atoms with Crippen LogP contribution in [0.25, 0.3) is 22.2 Å². The average Bonchev–Trinajstić information content (AvgIpc) is 3.26. The molecule has 0 fully saturated rings. The Morgan fingerprint density at radius 2 is 1.92 bits per heavy atom. The van der Waals surface area contributed by atoms with E-state index in [1.807, 2.05) is 12.4 Å². The third-order valence-corrected chi connectivity index (χ3v) is 6.06. The maximum atomic E-state index is 12.8. The lowest BCUT2D eigenvalue weighted by atomic mass is 10.1. The molecule has 0 saturated carbocycles. The zero-order valence-electron chi connectivity index (χ0n) is 21.1. The second-order valence-electron chi connectivity index (χ2n) is 8.75. The van der Waals surface area contributed by atoms with Gasteiger partial charge in [0.05, 0.1) is 53.9 Å². The molecule has 0 bridgehead atoms. The summed E-state index contributed by atoms with van der Waals surface area (Å²) in [6.07, 6.45) is 4.03. The minimum atomic E-state index is -4.56. The molecule has 198 valence electrons. The van der Waals surface area contributed by atoms with Crippen LogP contribution in [0.4, 0.5) is 30.4 Å². The highest BCUT2D eigenvalue weighted by atomic mass is 19.4. The van der Waals surface area contributed by atoms with Crippen LogP contribution >= 0.6 is 0 Å². The third-order valence-electron chi connectivity index (χ3n) is 6.06. The largest absolute Gasteiger partial charge is 0.408 e. The molecule has 13 heteroatoms. The van der Waals surface area contributed by atoms with E-state index in [9.17, 15) is 22.8 Å². The van der Waals surface area contributed by atoms with Crippen LogP contribution in [0.15, 0.2) is 49.2 Å². The maximum Gasteiger partial charge on any atom is 0.408 e. The van der Waals surface area contributed by atoms with Crippen molar-refractivity contribution in [2.24, 2.45) is 7.05 Å². The van der Waals surface area contributed by atoms with Gasteiger partial charge in [0.15, 0.2) is 5.82 Å². The number of carbonyl (C=O) groups excluding carboxylic acids is 2. The first-order valence-corrected chi connectivity index (χ1v) is 11.5. The summed E-state index contributed by atoms with van der Waals surface area (Å²) in [7, 11) is 3.36. The molecule has 0 aliphatic heterocycles. The molecule has 3 heterocycles. The van der Waals surface area contributed by atoms with Crippen LogP contribution in [0.5, 0.6) is 0 Å². The lowest BCUT2D eigenvalue weighted by molar-refractivity contribution is -0.157. The number of nitrogens with zero attached hydrogens (tertiary/aromatic N) is 7. The number of hydrogen-bond acceptors (Lipinski definition) is 7. The fraction of sp³-hybridized carbons (Fsp3) is 0.280. The Morgan fingerprint density at radius 1 is 1.16 bits per heavy atom. The van der Waals surface area contributed by atoms with Crippen molar-refractivity contribution in [1.29, 1.82) is 0 Å². The molecule has 1 unspecified atom stereocenters. The molecule has 0 aliphatic rings. The van der Waals surface area contributed by atoms with Gasteiger partial charge in [0.25, 0.3) is 0 Å². The van der Waals surface area contributed by atoms with Crippen molar-refractivity contribution < 1.29 is 22.8 Å². The van der Waals surface area contributed by atoms with Crippen molar-refractivity contribution in [3.05, 3.63) is 54.7 Å². The third kappa shape index (κ3) is 5.26. The Bertz CT molecular complexity index is 1470. The first-order valence-electron chi connectivity index (χ1n) is 11.5. The van der Waals surface area contributed by atoms with E-state index in [4.69, 9.17) is 0 Å². The normalized spacial score (nSPS) is 12.3. The van der Waals surface area contributed by atoms with Gasteiger partial charge in [-0.2, -0.15) is 18.3 Å². The topological polar surface area (TPSA) is 109 Å². The molecular formula is C25H25F3N8O2. The van der Waals surface area contributed by atoms with E-state index in [0.717, 1.165) is 23.4 Å². The Balaban J connectivity index is 1.63. The molecule has 0 radical (unpaired) electrons. The van der Waals surface area contributed by atoms with E-state index < -0.39 is 18.1 Å². The number of anilines is 3. The van der Waals surface area contributed by atoms with Gasteiger partial charge in [0, 0.05) is 31.2 Å². The van der Waals surface area contributed by atoms with E-state index in [2.05, 4.69) is 20.1 Å². The maximum absolute atomic E-state index is 12.8. The predicted octanol–water partition coefficient (Wildman–Crippen LogP) is 3.53. The van der Waals surface area contributed by atoms with Crippen molar-refractivity contribution in [2.75, 3.05) is 23.4 Å². The number of aromatic nitrogens is 5. The Labute approximate surface area is 216 Å². The summed E-state index contributed by atoms with van der Waals surface area (Å²) in [5.41, 5.74) is 3.62. The molecule has 1 atom stereocenters. The van der Waals surface area contributed by atoms with Gasteiger partial charge in [-0.05, 0) is 25.5 Å². The van der Waals surface area contributed by atoms with E-state index in [1.54, 1.807) is 55.4 Å². The molecule has 0 aliphatic carbocycles. The molecule has 38 heavy (non-hydrogen) atoms. The van der Waals surface area contributed by atoms with Crippen LogP contribution in [0.1, 0.15) is 12.5 Å². The van der Waals surface area contributed by atoms with Crippen molar-refractivity contribution in [3.63, 3.8) is 0 Å². The quantitative estimate of drug-likeness (QED) is 0.350. The van der Waals surface area contributed by atoms with Gasteiger partial charge in [-0.1, -0.05) is 12.1 Å². The molecule has 1 N–H and O–H groups in total. The van der Waals surface area contributed by atoms with Crippen molar-refractivity contribution >= 4 is 40.4 Å². The summed E-state index contributed by atoms with van der Waals surface area (Å²) in [4.78, 5) is 40.5. The highest BCUT2D eigenvalue weighted by molar-refractivity contribution is 5.95. The molecular weight excluding hydrogens is 501 g/mol. The monoisotopic (exact) mass is 526 g/mol. The molecule has 0 spiro atoms. The molecule has 0 saturated heterocycles. The van der Waals surface area contributed by atoms with E-state index in [0.29, 0.717) is 29.0 Å². The first-order chi connectivity index (χ1) is 18.0. The summed E-state index contributed by atoms with van der Waals surface area (Å²) < 4.78 is 40.2. The number of carbonyl (C=O) groups is 2. The fourth-order valence-electron chi connectivity index (χ4n) is 4.00. The van der Waals surface area contributed by atoms with E-state index in [1.165, 1.54) is 22.2 Å². The van der Waals surface area contributed by atoms with Crippen LogP contribution in [-0.2, 0) is 16.6 Å². The summed E-state index contributed by atoms with van der Waals surface area (Å²) in [6.45, 7) is 2.28. The minimum Gasteiger partial charge on any atom is -0.364 e. The second kappa shape index (κ2) is 10.4. The van der Waals surface area contributed by atoms with Crippen LogP contribution in [0.2, 0.25) is 0 Å². The predicted molar refractivity (Wildman–Crippen MR) is 136 cm³/mol. The van der Waals surface area contributed by atoms with Crippen LogP contribution < -0.4 is 15.1 Å². The van der Waals surface area contributed by atoms with Gasteiger partial charge in [0.2, 0.25) is 12.3 Å². The molecule has 10 nitrogen and oxygen atoms in total. The molecule has 2 amide bonds. The molecule has 4 rings (SSSR count). The molecule has 4 aromatic rings. The van der Waals surface area contributed by atoms with Gasteiger partial charge in [-0.3, -0.25) is 29.1 Å². The number of fused-ring (bicyclic) bond motifs is 1. The van der Waals surface area contributed by atoms with Crippen molar-refractivity contribution in [3.8, 4) is 11.3 Å². The number of pyridine rings is 1. The average molecular weight is 527 g/mol. The number of halogens is 3. The number of likely N-dealkylation sites (N-methyl/N-ethyl adjacent to an activating group) is 1. The lowest BCUT2D eigenvalue weighted by Crippen LogP contribution is -2.46. The SMILES string of the molecule is Cc1cccc(N(C)CC(=O)NC(C)C(F)(F)F)c1N(C=O)c1cnc(-c2cncc3c2cnn3C)cn1. The standard InChI is InChI=1S/C25H25F3N8O2/c1-15-6-5-7-20(34(3)13-23(38)33-16(2)25(26,27)28)24(15)36(14-37)22-12-30-19(10-31-22)17-8-29-11-21-18(17)9-32-35(21)4/h5-12,14,16H,13H2,1-4H3,(H,33,38). The molecule has 1 aromatic carbocycles.